The molecule has 0 fully saturated rings. The lowest BCUT2D eigenvalue weighted by atomic mass is 10.2. The zero-order valence-corrected chi connectivity index (χ0v) is 15.3. The fourth-order valence-corrected chi connectivity index (χ4v) is 2.34. The first kappa shape index (κ1) is 19.8. The van der Waals surface area contributed by atoms with Gasteiger partial charge in [-0.15, -0.1) is 0 Å². The Labute approximate surface area is 158 Å². The summed E-state index contributed by atoms with van der Waals surface area (Å²) in [5.41, 5.74) is 0.967. The van der Waals surface area contributed by atoms with Gasteiger partial charge >= 0.3 is 0 Å². The van der Waals surface area contributed by atoms with Crippen molar-refractivity contribution in [2.45, 2.75) is 6.92 Å². The predicted molar refractivity (Wildman–Crippen MR) is 101 cm³/mol. The molecule has 0 saturated heterocycles. The zero-order valence-electron chi connectivity index (χ0n) is 15.3. The zero-order chi connectivity index (χ0) is 19.6. The first-order valence-electron chi connectivity index (χ1n) is 8.41. The van der Waals surface area contributed by atoms with Gasteiger partial charge in [0.2, 0.25) is 5.91 Å². The summed E-state index contributed by atoms with van der Waals surface area (Å²) in [6.45, 7) is 1.80. The highest BCUT2D eigenvalue weighted by Crippen LogP contribution is 2.17. The lowest BCUT2D eigenvalue weighted by Gasteiger charge is -2.20. The highest BCUT2D eigenvalue weighted by Gasteiger charge is 2.17. The molecule has 2 amide bonds. The lowest BCUT2D eigenvalue weighted by Crippen LogP contribution is -2.40. The van der Waals surface area contributed by atoms with Crippen LogP contribution in [0.3, 0.4) is 0 Å². The fraction of sp³-hybridized carbons (Fsp3) is 0.250. The van der Waals surface area contributed by atoms with Crippen molar-refractivity contribution in [1.82, 2.24) is 4.90 Å². The van der Waals surface area contributed by atoms with E-state index in [1.807, 2.05) is 6.07 Å². The van der Waals surface area contributed by atoms with Crippen molar-refractivity contribution < 1.29 is 19.1 Å². The SMILES string of the molecule is CCN(CC(=O)Nc1ccc(OC)cc1)C(=O)COc1ccccc1C#N. The molecular formula is C20H21N3O4. The maximum atomic E-state index is 12.3. The van der Waals surface area contributed by atoms with E-state index in [1.54, 1.807) is 62.6 Å². The summed E-state index contributed by atoms with van der Waals surface area (Å²) in [4.78, 5) is 25.9. The van der Waals surface area contributed by atoms with Crippen LogP contribution in [-0.2, 0) is 9.59 Å². The molecule has 2 aromatic rings. The summed E-state index contributed by atoms with van der Waals surface area (Å²) in [6, 6.07) is 15.6. The number of carbonyl (C=O) groups is 2. The van der Waals surface area contributed by atoms with Crippen LogP contribution in [0.2, 0.25) is 0 Å². The Morgan fingerprint density at radius 1 is 1.15 bits per heavy atom. The monoisotopic (exact) mass is 367 g/mol. The average molecular weight is 367 g/mol. The predicted octanol–water partition coefficient (Wildman–Crippen LogP) is 2.43. The van der Waals surface area contributed by atoms with Crippen LogP contribution >= 0.6 is 0 Å². The maximum Gasteiger partial charge on any atom is 0.260 e. The largest absolute Gasteiger partial charge is 0.497 e. The molecule has 0 aliphatic heterocycles. The molecule has 0 aromatic heterocycles. The minimum atomic E-state index is -0.338. The standard InChI is InChI=1S/C20H21N3O4/c1-3-23(13-19(24)22-16-8-10-17(26-2)11-9-16)20(25)14-27-18-7-5-4-6-15(18)12-21/h4-11H,3,13-14H2,1-2H3,(H,22,24). The summed E-state index contributed by atoms with van der Waals surface area (Å²) < 4.78 is 10.5. The molecule has 0 atom stereocenters. The number of carbonyl (C=O) groups excluding carboxylic acids is 2. The highest BCUT2D eigenvalue weighted by atomic mass is 16.5. The second-order valence-corrected chi connectivity index (χ2v) is 5.58. The topological polar surface area (TPSA) is 91.7 Å². The molecule has 2 aromatic carbocycles. The molecular weight excluding hydrogens is 346 g/mol. The van der Waals surface area contributed by atoms with E-state index in [0.29, 0.717) is 29.3 Å². The number of likely N-dealkylation sites (N-methyl/N-ethyl adjacent to an activating group) is 1. The Morgan fingerprint density at radius 2 is 1.85 bits per heavy atom. The van der Waals surface area contributed by atoms with Crippen LogP contribution in [0.25, 0.3) is 0 Å². The average Bonchev–Trinajstić information content (AvgIpc) is 2.70. The summed E-state index contributed by atoms with van der Waals surface area (Å²) in [7, 11) is 1.56. The Kier molecular flexibility index (Phi) is 7.20. The number of amides is 2. The van der Waals surface area contributed by atoms with Crippen molar-refractivity contribution in [1.29, 1.82) is 5.26 Å². The highest BCUT2D eigenvalue weighted by molar-refractivity contribution is 5.94. The van der Waals surface area contributed by atoms with Gasteiger partial charge < -0.3 is 19.7 Å². The van der Waals surface area contributed by atoms with Gasteiger partial charge in [-0.05, 0) is 43.3 Å². The van der Waals surface area contributed by atoms with Crippen LogP contribution in [0.15, 0.2) is 48.5 Å². The molecule has 0 radical (unpaired) electrons. The maximum absolute atomic E-state index is 12.3. The first-order valence-corrected chi connectivity index (χ1v) is 8.41. The molecule has 27 heavy (non-hydrogen) atoms. The van der Waals surface area contributed by atoms with E-state index in [1.165, 1.54) is 4.90 Å². The van der Waals surface area contributed by atoms with Crippen LogP contribution in [0.4, 0.5) is 5.69 Å². The minimum absolute atomic E-state index is 0.0926. The normalized spacial score (nSPS) is 9.81. The Bertz CT molecular complexity index is 828. The number of methoxy groups -OCH3 is 1. The molecule has 0 heterocycles. The van der Waals surface area contributed by atoms with Gasteiger partial charge in [0.1, 0.15) is 17.6 Å². The van der Waals surface area contributed by atoms with Crippen LogP contribution < -0.4 is 14.8 Å². The smallest absolute Gasteiger partial charge is 0.260 e. The summed E-state index contributed by atoms with van der Waals surface area (Å²) >= 11 is 0. The molecule has 0 aliphatic carbocycles. The van der Waals surface area contributed by atoms with Gasteiger partial charge in [-0.2, -0.15) is 5.26 Å². The van der Waals surface area contributed by atoms with E-state index in [-0.39, 0.29) is 25.0 Å². The van der Waals surface area contributed by atoms with Gasteiger partial charge in [0, 0.05) is 12.2 Å². The molecule has 0 saturated carbocycles. The summed E-state index contributed by atoms with van der Waals surface area (Å²) in [5.74, 6) is 0.378. The van der Waals surface area contributed by atoms with Crippen molar-refractivity contribution in [3.05, 3.63) is 54.1 Å². The second kappa shape index (κ2) is 9.82. The molecule has 0 spiro atoms. The van der Waals surface area contributed by atoms with Crippen LogP contribution in [0.1, 0.15) is 12.5 Å². The number of nitriles is 1. The number of nitrogens with zero attached hydrogens (tertiary/aromatic N) is 2. The van der Waals surface area contributed by atoms with Crippen LogP contribution in [-0.4, -0.2) is 43.5 Å². The number of hydrogen-bond acceptors (Lipinski definition) is 5. The molecule has 0 unspecified atom stereocenters. The number of anilines is 1. The Balaban J connectivity index is 1.90. The van der Waals surface area contributed by atoms with Gasteiger partial charge in [0.25, 0.3) is 5.91 Å². The number of hydrogen-bond donors (Lipinski definition) is 1. The minimum Gasteiger partial charge on any atom is -0.497 e. The van der Waals surface area contributed by atoms with Gasteiger partial charge in [0.05, 0.1) is 19.2 Å². The molecule has 1 N–H and O–H groups in total. The van der Waals surface area contributed by atoms with E-state index in [9.17, 15) is 9.59 Å². The molecule has 2 rings (SSSR count). The molecule has 0 bridgehead atoms. The van der Waals surface area contributed by atoms with Gasteiger partial charge in [-0.25, -0.2) is 0 Å². The van der Waals surface area contributed by atoms with Crippen molar-refractivity contribution in [2.24, 2.45) is 0 Å². The van der Waals surface area contributed by atoms with Crippen LogP contribution in [0.5, 0.6) is 11.5 Å². The number of para-hydroxylation sites is 1. The summed E-state index contributed by atoms with van der Waals surface area (Å²) in [5, 5.41) is 11.8. The van der Waals surface area contributed by atoms with E-state index < -0.39 is 0 Å². The van der Waals surface area contributed by atoms with Gasteiger partial charge in [-0.1, -0.05) is 12.1 Å². The number of benzene rings is 2. The van der Waals surface area contributed by atoms with Gasteiger partial charge in [0.15, 0.2) is 6.61 Å². The molecule has 7 nitrogen and oxygen atoms in total. The Morgan fingerprint density at radius 3 is 2.48 bits per heavy atom. The quantitative estimate of drug-likeness (QED) is 0.774. The molecule has 0 aliphatic rings. The number of nitrogens with one attached hydrogen (secondary N) is 1. The van der Waals surface area contributed by atoms with E-state index >= 15 is 0 Å². The number of ether oxygens (including phenoxy) is 2. The second-order valence-electron chi connectivity index (χ2n) is 5.58. The Hall–Kier alpha value is -3.53. The third-order valence-corrected chi connectivity index (χ3v) is 3.80. The lowest BCUT2D eigenvalue weighted by molar-refractivity contribution is -0.136. The van der Waals surface area contributed by atoms with E-state index in [0.717, 1.165) is 0 Å². The van der Waals surface area contributed by atoms with E-state index in [2.05, 4.69) is 5.32 Å². The van der Waals surface area contributed by atoms with E-state index in [4.69, 9.17) is 14.7 Å². The third-order valence-electron chi connectivity index (χ3n) is 3.80. The molecule has 140 valence electrons. The van der Waals surface area contributed by atoms with Crippen LogP contribution in [0, 0.1) is 11.3 Å². The third kappa shape index (κ3) is 5.75. The molecule has 7 heteroatoms. The van der Waals surface area contributed by atoms with Crippen molar-refractivity contribution in [3.63, 3.8) is 0 Å². The van der Waals surface area contributed by atoms with Crippen molar-refractivity contribution in [3.8, 4) is 17.6 Å². The van der Waals surface area contributed by atoms with Crippen molar-refractivity contribution >= 4 is 17.5 Å². The van der Waals surface area contributed by atoms with Gasteiger partial charge in [-0.3, -0.25) is 9.59 Å². The first-order chi connectivity index (χ1) is 13.1. The summed E-state index contributed by atoms with van der Waals surface area (Å²) in [6.07, 6.45) is 0. The fourth-order valence-electron chi connectivity index (χ4n) is 2.34. The number of rotatable bonds is 8. The van der Waals surface area contributed by atoms with Crippen molar-refractivity contribution in [2.75, 3.05) is 32.1 Å².